The SMILES string of the molecule is CC(C)COc1ccc(Br)cc1C(=O)NC(=S)Nc1ccc(S(=O)(=O)N(C)Cc2ccccc2)cc1. The minimum absolute atomic E-state index is 0.0755. The molecule has 36 heavy (non-hydrogen) atoms. The quantitative estimate of drug-likeness (QED) is 0.323. The third-order valence-electron chi connectivity index (χ3n) is 5.05. The first-order valence-corrected chi connectivity index (χ1v) is 13.9. The molecule has 0 aromatic heterocycles. The van der Waals surface area contributed by atoms with Crippen LogP contribution in [0.3, 0.4) is 0 Å². The lowest BCUT2D eigenvalue weighted by molar-refractivity contribution is 0.0973. The number of benzene rings is 3. The molecule has 1 amide bonds. The van der Waals surface area contributed by atoms with Gasteiger partial charge in [0.1, 0.15) is 5.75 Å². The summed E-state index contributed by atoms with van der Waals surface area (Å²) in [5.41, 5.74) is 1.78. The molecule has 0 bridgehead atoms. The van der Waals surface area contributed by atoms with Crippen LogP contribution < -0.4 is 15.4 Å². The fourth-order valence-electron chi connectivity index (χ4n) is 3.21. The van der Waals surface area contributed by atoms with Crippen LogP contribution in [0.15, 0.2) is 82.2 Å². The number of carbonyl (C=O) groups excluding carboxylic acids is 1. The number of nitrogens with one attached hydrogen (secondary N) is 2. The molecule has 190 valence electrons. The molecule has 10 heteroatoms. The van der Waals surface area contributed by atoms with Gasteiger partial charge in [-0.15, -0.1) is 0 Å². The van der Waals surface area contributed by atoms with E-state index in [-0.39, 0.29) is 16.6 Å². The standard InChI is InChI=1S/C26H28BrN3O4S2/c1-18(2)17-34-24-14-9-20(27)15-23(24)25(31)29-26(35)28-21-10-12-22(13-11-21)36(32,33)30(3)16-19-7-5-4-6-8-19/h4-15,18H,16-17H2,1-3H3,(H2,28,29,31,35). The van der Waals surface area contributed by atoms with Crippen molar-refractivity contribution in [3.63, 3.8) is 0 Å². The predicted molar refractivity (Wildman–Crippen MR) is 150 cm³/mol. The summed E-state index contributed by atoms with van der Waals surface area (Å²) in [4.78, 5) is 13.0. The molecular weight excluding hydrogens is 562 g/mol. The third-order valence-corrected chi connectivity index (χ3v) is 7.57. The summed E-state index contributed by atoms with van der Waals surface area (Å²) < 4.78 is 33.7. The van der Waals surface area contributed by atoms with Crippen LogP contribution in [-0.4, -0.2) is 37.4 Å². The molecule has 0 spiro atoms. The number of rotatable bonds is 9. The average Bonchev–Trinajstić information content (AvgIpc) is 2.84. The van der Waals surface area contributed by atoms with Gasteiger partial charge in [0, 0.05) is 23.8 Å². The van der Waals surface area contributed by atoms with Gasteiger partial charge in [-0.3, -0.25) is 10.1 Å². The van der Waals surface area contributed by atoms with Crippen LogP contribution in [0.2, 0.25) is 0 Å². The zero-order chi connectivity index (χ0) is 26.3. The molecule has 0 aliphatic carbocycles. The molecule has 7 nitrogen and oxygen atoms in total. The van der Waals surface area contributed by atoms with Gasteiger partial charge in [0.25, 0.3) is 5.91 Å². The Morgan fingerprint density at radius 3 is 2.36 bits per heavy atom. The zero-order valence-corrected chi connectivity index (χ0v) is 23.4. The number of carbonyl (C=O) groups is 1. The maximum atomic E-state index is 12.9. The lowest BCUT2D eigenvalue weighted by Crippen LogP contribution is -2.34. The summed E-state index contributed by atoms with van der Waals surface area (Å²) in [6.07, 6.45) is 0. The summed E-state index contributed by atoms with van der Waals surface area (Å²) >= 11 is 8.67. The molecule has 0 heterocycles. The molecule has 0 saturated heterocycles. The Bertz CT molecular complexity index is 1310. The number of sulfonamides is 1. The van der Waals surface area contributed by atoms with Crippen LogP contribution in [0.4, 0.5) is 5.69 Å². The number of ether oxygens (including phenoxy) is 1. The van der Waals surface area contributed by atoms with Gasteiger partial charge in [0.15, 0.2) is 5.11 Å². The Balaban J connectivity index is 1.64. The third kappa shape index (κ3) is 7.60. The summed E-state index contributed by atoms with van der Waals surface area (Å²) in [6, 6.07) is 20.8. The number of hydrogen-bond donors (Lipinski definition) is 2. The summed E-state index contributed by atoms with van der Waals surface area (Å²) in [7, 11) is -2.13. The Labute approximate surface area is 226 Å². The smallest absolute Gasteiger partial charge is 0.261 e. The van der Waals surface area contributed by atoms with Crippen molar-refractivity contribution in [2.45, 2.75) is 25.3 Å². The molecule has 3 aromatic rings. The Morgan fingerprint density at radius 1 is 1.06 bits per heavy atom. The van der Waals surface area contributed by atoms with Crippen molar-refractivity contribution in [3.05, 3.63) is 88.4 Å². The fourth-order valence-corrected chi connectivity index (χ4v) is 4.94. The highest BCUT2D eigenvalue weighted by atomic mass is 79.9. The second-order valence-electron chi connectivity index (χ2n) is 8.52. The van der Waals surface area contributed by atoms with Gasteiger partial charge >= 0.3 is 0 Å². The van der Waals surface area contributed by atoms with Crippen LogP contribution in [0.5, 0.6) is 5.75 Å². The van der Waals surface area contributed by atoms with E-state index in [1.54, 1.807) is 37.4 Å². The van der Waals surface area contributed by atoms with Crippen LogP contribution in [0.25, 0.3) is 0 Å². The van der Waals surface area contributed by atoms with Crippen molar-refractivity contribution < 1.29 is 17.9 Å². The number of anilines is 1. The molecule has 0 fully saturated rings. The first kappa shape index (κ1) is 27.8. The largest absolute Gasteiger partial charge is 0.492 e. The highest BCUT2D eigenvalue weighted by molar-refractivity contribution is 9.10. The lowest BCUT2D eigenvalue weighted by Gasteiger charge is -2.18. The van der Waals surface area contributed by atoms with Crippen molar-refractivity contribution >= 4 is 54.9 Å². The molecule has 3 aromatic carbocycles. The second-order valence-corrected chi connectivity index (χ2v) is 11.9. The second kappa shape index (κ2) is 12.4. The monoisotopic (exact) mass is 589 g/mol. The fraction of sp³-hybridized carbons (Fsp3) is 0.231. The van der Waals surface area contributed by atoms with E-state index in [1.807, 2.05) is 44.2 Å². The van der Waals surface area contributed by atoms with Crippen LogP contribution in [-0.2, 0) is 16.6 Å². The molecule has 3 rings (SSSR count). The van der Waals surface area contributed by atoms with E-state index in [9.17, 15) is 13.2 Å². The van der Waals surface area contributed by atoms with Gasteiger partial charge in [-0.25, -0.2) is 8.42 Å². The summed E-state index contributed by atoms with van der Waals surface area (Å²) in [6.45, 7) is 4.78. The first-order chi connectivity index (χ1) is 17.1. The topological polar surface area (TPSA) is 87.7 Å². The van der Waals surface area contributed by atoms with Crippen molar-refractivity contribution in [1.82, 2.24) is 9.62 Å². The van der Waals surface area contributed by atoms with Crippen molar-refractivity contribution in [1.29, 1.82) is 0 Å². The van der Waals surface area contributed by atoms with Gasteiger partial charge in [-0.05, 0) is 66.2 Å². The molecule has 0 aliphatic heterocycles. The van der Waals surface area contributed by atoms with Crippen molar-refractivity contribution in [3.8, 4) is 5.75 Å². The number of thiocarbonyl (C=S) groups is 1. The van der Waals surface area contributed by atoms with Crippen LogP contribution in [0.1, 0.15) is 29.8 Å². The average molecular weight is 591 g/mol. The number of amides is 1. The van der Waals surface area contributed by atoms with Crippen molar-refractivity contribution in [2.75, 3.05) is 19.0 Å². The van der Waals surface area contributed by atoms with E-state index in [0.29, 0.717) is 29.5 Å². The predicted octanol–water partition coefficient (Wildman–Crippen LogP) is 5.43. The van der Waals surface area contributed by atoms with E-state index in [2.05, 4.69) is 26.6 Å². The maximum absolute atomic E-state index is 12.9. The van der Waals surface area contributed by atoms with E-state index in [1.165, 1.54) is 16.4 Å². The minimum Gasteiger partial charge on any atom is -0.492 e. The first-order valence-electron chi connectivity index (χ1n) is 11.2. The molecule has 0 saturated carbocycles. The van der Waals surface area contributed by atoms with E-state index in [4.69, 9.17) is 17.0 Å². The Kier molecular flexibility index (Phi) is 9.61. The molecule has 0 aliphatic rings. The van der Waals surface area contributed by atoms with Gasteiger partial charge < -0.3 is 10.1 Å². The van der Waals surface area contributed by atoms with Gasteiger partial charge in [0.2, 0.25) is 10.0 Å². The molecule has 2 N–H and O–H groups in total. The number of halogens is 1. The van der Waals surface area contributed by atoms with E-state index >= 15 is 0 Å². The zero-order valence-electron chi connectivity index (χ0n) is 20.2. The van der Waals surface area contributed by atoms with Crippen molar-refractivity contribution in [2.24, 2.45) is 5.92 Å². The Hall–Kier alpha value is -2.79. The highest BCUT2D eigenvalue weighted by Crippen LogP contribution is 2.24. The maximum Gasteiger partial charge on any atom is 0.261 e. The van der Waals surface area contributed by atoms with Gasteiger partial charge in [0.05, 0.1) is 17.1 Å². The lowest BCUT2D eigenvalue weighted by atomic mass is 10.2. The summed E-state index contributed by atoms with van der Waals surface area (Å²) in [5, 5.41) is 5.63. The molecule has 0 radical (unpaired) electrons. The highest BCUT2D eigenvalue weighted by Gasteiger charge is 2.21. The number of hydrogen-bond acceptors (Lipinski definition) is 5. The summed E-state index contributed by atoms with van der Waals surface area (Å²) in [5.74, 6) is 0.341. The Morgan fingerprint density at radius 2 is 1.72 bits per heavy atom. The number of nitrogens with zero attached hydrogens (tertiary/aromatic N) is 1. The van der Waals surface area contributed by atoms with Gasteiger partial charge in [-0.1, -0.05) is 60.1 Å². The molecular formula is C26H28BrN3O4S2. The van der Waals surface area contributed by atoms with E-state index in [0.717, 1.165) is 10.0 Å². The van der Waals surface area contributed by atoms with Crippen LogP contribution >= 0.6 is 28.1 Å². The normalized spacial score (nSPS) is 11.4. The molecule has 0 unspecified atom stereocenters. The van der Waals surface area contributed by atoms with E-state index < -0.39 is 15.9 Å². The molecule has 0 atom stereocenters. The van der Waals surface area contributed by atoms with Crippen LogP contribution in [0, 0.1) is 5.92 Å². The minimum atomic E-state index is -3.67. The van der Waals surface area contributed by atoms with Gasteiger partial charge in [-0.2, -0.15) is 4.31 Å².